The Balaban J connectivity index is 1.45. The Morgan fingerprint density at radius 3 is 2.55 bits per heavy atom. The molecule has 1 N–H and O–H groups in total. The first-order chi connectivity index (χ1) is 15.0. The molecule has 0 aliphatic heterocycles. The Morgan fingerprint density at radius 2 is 1.71 bits per heavy atom. The summed E-state index contributed by atoms with van der Waals surface area (Å²) >= 11 is 1.00. The van der Waals surface area contributed by atoms with Gasteiger partial charge in [0.05, 0.1) is 22.8 Å². The number of nitrogens with zero attached hydrogens (tertiary/aromatic N) is 4. The molecule has 2 aromatic heterocycles. The molecule has 0 spiro atoms. The topological polar surface area (TPSA) is 89.8 Å². The van der Waals surface area contributed by atoms with Gasteiger partial charge in [0.25, 0.3) is 0 Å². The molecule has 0 amide bonds. The maximum Gasteiger partial charge on any atom is 0.242 e. The third kappa shape index (κ3) is 3.71. The third-order valence-corrected chi connectivity index (χ3v) is 7.17. The zero-order valence-electron chi connectivity index (χ0n) is 16.7. The molecule has 0 unspecified atom stereocenters. The molecule has 5 aromatic rings. The quantitative estimate of drug-likeness (QED) is 0.423. The van der Waals surface area contributed by atoms with Gasteiger partial charge in [0.2, 0.25) is 10.0 Å². The van der Waals surface area contributed by atoms with Crippen LogP contribution < -0.4 is 4.72 Å². The van der Waals surface area contributed by atoms with Crippen LogP contribution >= 0.6 is 11.7 Å². The van der Waals surface area contributed by atoms with Crippen LogP contribution in [0.15, 0.2) is 71.6 Å². The van der Waals surface area contributed by atoms with E-state index in [0.717, 1.165) is 34.1 Å². The maximum absolute atomic E-state index is 12.9. The molecule has 9 heteroatoms. The summed E-state index contributed by atoms with van der Waals surface area (Å²) in [6.45, 7) is 2.70. The molecule has 0 saturated heterocycles. The number of benzene rings is 3. The molecule has 156 valence electrons. The SMILES string of the molecule is Cc1ccc(-c2nc3ccccc3n2CCNS(=O)(=O)c2cccc3nsnc23)cc1. The van der Waals surface area contributed by atoms with Crippen molar-refractivity contribution in [1.29, 1.82) is 0 Å². The monoisotopic (exact) mass is 449 g/mol. The van der Waals surface area contributed by atoms with Crippen molar-refractivity contribution in [2.45, 2.75) is 18.4 Å². The van der Waals surface area contributed by atoms with Crippen LogP contribution in [-0.2, 0) is 16.6 Å². The highest BCUT2D eigenvalue weighted by Crippen LogP contribution is 2.25. The molecule has 0 aliphatic carbocycles. The first kappa shape index (κ1) is 19.8. The van der Waals surface area contributed by atoms with Crippen LogP contribution in [0.5, 0.6) is 0 Å². The number of nitrogens with one attached hydrogen (secondary N) is 1. The standard InChI is InChI=1S/C22H19N5O2S2/c1-15-9-11-16(12-10-15)22-24-17-5-2-3-7-19(17)27(22)14-13-23-31(28,29)20-8-4-6-18-21(20)26-30-25-18/h2-12,23H,13-14H2,1H3. The Hall–Kier alpha value is -3.14. The van der Waals surface area contributed by atoms with E-state index in [1.807, 2.05) is 60.0 Å². The number of fused-ring (bicyclic) bond motifs is 2. The number of para-hydroxylation sites is 2. The Kier molecular flexibility index (Phi) is 5.01. The van der Waals surface area contributed by atoms with E-state index in [9.17, 15) is 8.42 Å². The zero-order valence-corrected chi connectivity index (χ0v) is 18.3. The first-order valence-electron chi connectivity index (χ1n) is 9.76. The van der Waals surface area contributed by atoms with Crippen LogP contribution in [-0.4, -0.2) is 33.3 Å². The predicted octanol–water partition coefficient (Wildman–Crippen LogP) is 3.99. The van der Waals surface area contributed by atoms with Crippen molar-refractivity contribution in [3.05, 3.63) is 72.3 Å². The van der Waals surface area contributed by atoms with E-state index in [4.69, 9.17) is 4.98 Å². The fourth-order valence-corrected chi connectivity index (χ4v) is 5.38. The van der Waals surface area contributed by atoms with E-state index < -0.39 is 10.0 Å². The van der Waals surface area contributed by atoms with Crippen molar-refractivity contribution in [2.75, 3.05) is 6.54 Å². The number of imidazole rings is 1. The Labute approximate surface area is 183 Å². The first-order valence-corrected chi connectivity index (χ1v) is 12.0. The van der Waals surface area contributed by atoms with E-state index >= 15 is 0 Å². The number of rotatable bonds is 6. The summed E-state index contributed by atoms with van der Waals surface area (Å²) in [7, 11) is -3.73. The second kappa shape index (κ2) is 7.84. The van der Waals surface area contributed by atoms with Gasteiger partial charge >= 0.3 is 0 Å². The second-order valence-corrected chi connectivity index (χ2v) is 9.49. The lowest BCUT2D eigenvalue weighted by Gasteiger charge is -2.11. The minimum absolute atomic E-state index is 0.146. The minimum atomic E-state index is -3.73. The molecular formula is C22H19N5O2S2. The Bertz CT molecular complexity index is 1490. The average molecular weight is 450 g/mol. The number of hydrogen-bond donors (Lipinski definition) is 1. The van der Waals surface area contributed by atoms with Crippen molar-refractivity contribution >= 4 is 43.8 Å². The summed E-state index contributed by atoms with van der Waals surface area (Å²) in [6.07, 6.45) is 0. The van der Waals surface area contributed by atoms with Gasteiger partial charge in [0.1, 0.15) is 21.8 Å². The highest BCUT2D eigenvalue weighted by atomic mass is 32.2. The molecule has 0 fully saturated rings. The predicted molar refractivity (Wildman–Crippen MR) is 123 cm³/mol. The number of aromatic nitrogens is 4. The van der Waals surface area contributed by atoms with Crippen LogP contribution in [0.2, 0.25) is 0 Å². The van der Waals surface area contributed by atoms with Crippen molar-refractivity contribution in [3.63, 3.8) is 0 Å². The lowest BCUT2D eigenvalue weighted by molar-refractivity contribution is 0.575. The third-order valence-electron chi connectivity index (χ3n) is 5.13. The van der Waals surface area contributed by atoms with Gasteiger partial charge in [-0.05, 0) is 31.2 Å². The van der Waals surface area contributed by atoms with Gasteiger partial charge in [-0.2, -0.15) is 8.75 Å². The lowest BCUT2D eigenvalue weighted by Crippen LogP contribution is -2.27. The van der Waals surface area contributed by atoms with Crippen molar-refractivity contribution < 1.29 is 8.42 Å². The van der Waals surface area contributed by atoms with Crippen LogP contribution in [0, 0.1) is 6.92 Å². The van der Waals surface area contributed by atoms with Gasteiger partial charge < -0.3 is 4.57 Å². The van der Waals surface area contributed by atoms with Crippen LogP contribution in [0.4, 0.5) is 0 Å². The van der Waals surface area contributed by atoms with E-state index in [1.54, 1.807) is 18.2 Å². The highest BCUT2D eigenvalue weighted by Gasteiger charge is 2.20. The maximum atomic E-state index is 12.9. The zero-order chi connectivity index (χ0) is 21.4. The summed E-state index contributed by atoms with van der Waals surface area (Å²) in [5.74, 6) is 0.811. The summed E-state index contributed by atoms with van der Waals surface area (Å²) in [4.78, 5) is 4.93. The van der Waals surface area contributed by atoms with Gasteiger partial charge in [-0.15, -0.1) is 0 Å². The van der Waals surface area contributed by atoms with Crippen molar-refractivity contribution in [2.24, 2.45) is 0 Å². The van der Waals surface area contributed by atoms with E-state index in [0.29, 0.717) is 17.6 Å². The van der Waals surface area contributed by atoms with Gasteiger partial charge in [-0.3, -0.25) is 0 Å². The molecule has 0 atom stereocenters. The number of aryl methyl sites for hydroxylation is 1. The van der Waals surface area contributed by atoms with Gasteiger partial charge in [-0.25, -0.2) is 18.1 Å². The summed E-state index contributed by atoms with van der Waals surface area (Å²) in [6, 6.07) is 21.0. The molecule has 2 heterocycles. The van der Waals surface area contributed by atoms with Crippen LogP contribution in [0.25, 0.3) is 33.5 Å². The van der Waals surface area contributed by atoms with E-state index in [-0.39, 0.29) is 11.4 Å². The fourth-order valence-electron chi connectivity index (χ4n) is 3.59. The molecule has 31 heavy (non-hydrogen) atoms. The molecule has 5 rings (SSSR count). The fraction of sp³-hybridized carbons (Fsp3) is 0.136. The van der Waals surface area contributed by atoms with E-state index in [2.05, 4.69) is 13.5 Å². The smallest absolute Gasteiger partial charge is 0.242 e. The van der Waals surface area contributed by atoms with Crippen LogP contribution in [0.3, 0.4) is 0 Å². The number of hydrogen-bond acceptors (Lipinski definition) is 6. The number of sulfonamides is 1. The summed E-state index contributed by atoms with van der Waals surface area (Å²) in [5.41, 5.74) is 4.97. The molecular weight excluding hydrogens is 430 g/mol. The van der Waals surface area contributed by atoms with Gasteiger partial charge in [0.15, 0.2) is 0 Å². The lowest BCUT2D eigenvalue weighted by atomic mass is 10.1. The van der Waals surface area contributed by atoms with Gasteiger partial charge in [-0.1, -0.05) is 48.0 Å². The molecule has 0 radical (unpaired) electrons. The molecule has 3 aromatic carbocycles. The molecule has 0 bridgehead atoms. The van der Waals surface area contributed by atoms with Gasteiger partial charge in [0, 0.05) is 18.7 Å². The normalized spacial score (nSPS) is 12.0. The Morgan fingerprint density at radius 1 is 0.935 bits per heavy atom. The summed E-state index contributed by atoms with van der Waals surface area (Å²) in [5, 5.41) is 0. The van der Waals surface area contributed by atoms with Crippen LogP contribution in [0.1, 0.15) is 5.56 Å². The largest absolute Gasteiger partial charge is 0.323 e. The highest BCUT2D eigenvalue weighted by molar-refractivity contribution is 7.89. The molecule has 0 saturated carbocycles. The minimum Gasteiger partial charge on any atom is -0.323 e. The average Bonchev–Trinajstić information content (AvgIpc) is 3.39. The molecule has 7 nitrogen and oxygen atoms in total. The second-order valence-electron chi connectivity index (χ2n) is 7.23. The van der Waals surface area contributed by atoms with Crippen molar-refractivity contribution in [3.8, 4) is 11.4 Å². The molecule has 0 aliphatic rings. The van der Waals surface area contributed by atoms with Crippen molar-refractivity contribution in [1.82, 2.24) is 23.0 Å². The summed E-state index contributed by atoms with van der Waals surface area (Å²) < 4.78 is 38.9. The van der Waals surface area contributed by atoms with E-state index in [1.165, 1.54) is 5.56 Å².